The highest BCUT2D eigenvalue weighted by Gasteiger charge is 2.40. The Bertz CT molecular complexity index is 829. The third-order valence-electron chi connectivity index (χ3n) is 5.39. The topological polar surface area (TPSA) is 91.4 Å². The molecule has 7 heteroatoms. The normalized spacial score (nSPS) is 26.9. The summed E-state index contributed by atoms with van der Waals surface area (Å²) >= 11 is 0. The van der Waals surface area contributed by atoms with Gasteiger partial charge < -0.3 is 14.5 Å². The predicted octanol–water partition coefficient (Wildman–Crippen LogP) is 2.55. The molecule has 0 saturated carbocycles. The number of nitrogens with one attached hydrogen (secondary N) is 1. The van der Waals surface area contributed by atoms with E-state index in [-0.39, 0.29) is 23.8 Å². The summed E-state index contributed by atoms with van der Waals surface area (Å²) in [5.41, 5.74) is 0.589. The van der Waals surface area contributed by atoms with Crippen molar-refractivity contribution < 1.29 is 13.9 Å². The van der Waals surface area contributed by atoms with E-state index in [4.69, 9.17) is 14.4 Å². The second-order valence-corrected chi connectivity index (χ2v) is 6.84. The number of carbonyl (C=O) groups excluding carboxylic acids is 1. The molecule has 3 fully saturated rings. The van der Waals surface area contributed by atoms with Crippen LogP contribution >= 0.6 is 0 Å². The van der Waals surface area contributed by atoms with Gasteiger partial charge in [-0.05, 0) is 63.0 Å². The number of nitrogens with zero attached hydrogens (tertiary/aromatic N) is 3. The van der Waals surface area contributed by atoms with Gasteiger partial charge in [-0.1, -0.05) is 0 Å². The molecule has 3 aliphatic heterocycles. The number of carbonyl (C=O) groups is 1. The summed E-state index contributed by atoms with van der Waals surface area (Å²) in [5, 5.41) is 11.9. The van der Waals surface area contributed by atoms with Gasteiger partial charge in [-0.3, -0.25) is 9.69 Å². The highest BCUT2D eigenvalue weighted by atomic mass is 16.6. The number of fused-ring (bicyclic) bond motifs is 3. The summed E-state index contributed by atoms with van der Waals surface area (Å²) in [6, 6.07) is 9.23. The van der Waals surface area contributed by atoms with Crippen molar-refractivity contribution in [3.05, 3.63) is 41.8 Å². The van der Waals surface area contributed by atoms with Crippen LogP contribution in [0.15, 0.2) is 34.9 Å². The van der Waals surface area contributed by atoms with Crippen LogP contribution in [0.2, 0.25) is 0 Å². The van der Waals surface area contributed by atoms with Gasteiger partial charge in [0, 0.05) is 17.6 Å². The lowest BCUT2D eigenvalue weighted by Crippen LogP contribution is -2.62. The molecule has 7 nitrogen and oxygen atoms in total. The lowest BCUT2D eigenvalue weighted by Gasteiger charge is -2.49. The predicted molar refractivity (Wildman–Crippen MR) is 92.7 cm³/mol. The average Bonchev–Trinajstić information content (AvgIpc) is 3.13. The Morgan fingerprint density at radius 2 is 2.08 bits per heavy atom. The fourth-order valence-electron chi connectivity index (χ4n) is 3.91. The summed E-state index contributed by atoms with van der Waals surface area (Å²) in [6.07, 6.45) is 3.61. The van der Waals surface area contributed by atoms with E-state index < -0.39 is 0 Å². The molecule has 134 valence electrons. The average molecular weight is 352 g/mol. The highest BCUT2D eigenvalue weighted by Crippen LogP contribution is 2.32. The van der Waals surface area contributed by atoms with Crippen molar-refractivity contribution in [2.24, 2.45) is 5.92 Å². The van der Waals surface area contributed by atoms with Crippen LogP contribution in [0.5, 0.6) is 11.8 Å². The van der Waals surface area contributed by atoms with Crippen LogP contribution in [0.3, 0.4) is 0 Å². The zero-order chi connectivity index (χ0) is 18.1. The third-order valence-corrected chi connectivity index (χ3v) is 5.39. The quantitative estimate of drug-likeness (QED) is 0.909. The van der Waals surface area contributed by atoms with E-state index in [1.807, 2.05) is 6.07 Å². The van der Waals surface area contributed by atoms with Crippen molar-refractivity contribution in [1.82, 2.24) is 15.2 Å². The summed E-state index contributed by atoms with van der Waals surface area (Å²) in [4.78, 5) is 18.9. The molecule has 1 amide bonds. The fourth-order valence-corrected chi connectivity index (χ4v) is 3.91. The second kappa shape index (κ2) is 6.81. The maximum atomic E-state index is 12.6. The molecule has 2 aromatic rings. The van der Waals surface area contributed by atoms with Crippen LogP contribution in [0, 0.1) is 17.2 Å². The van der Waals surface area contributed by atoms with E-state index in [0.29, 0.717) is 23.3 Å². The van der Waals surface area contributed by atoms with E-state index >= 15 is 0 Å². The van der Waals surface area contributed by atoms with Gasteiger partial charge in [0.25, 0.3) is 5.91 Å². The van der Waals surface area contributed by atoms with E-state index in [1.54, 1.807) is 24.3 Å². The summed E-state index contributed by atoms with van der Waals surface area (Å²) in [5.74, 6) is 1.08. The van der Waals surface area contributed by atoms with Crippen LogP contribution in [-0.2, 0) is 0 Å². The summed E-state index contributed by atoms with van der Waals surface area (Å²) in [7, 11) is 0. The first-order valence-electron chi connectivity index (χ1n) is 8.83. The van der Waals surface area contributed by atoms with E-state index in [9.17, 15) is 4.79 Å². The SMILES string of the molecule is C[C@@H]1[C@H](NC(=O)c2ccc(Oc3ncc(C#N)o3)cc2)C2CCN1CC2. The molecule has 26 heavy (non-hydrogen) atoms. The number of rotatable bonds is 4. The summed E-state index contributed by atoms with van der Waals surface area (Å²) in [6.45, 7) is 4.47. The van der Waals surface area contributed by atoms with Crippen LogP contribution in [0.1, 0.15) is 35.9 Å². The Kier molecular flexibility index (Phi) is 4.35. The number of piperidine rings is 3. The molecule has 4 heterocycles. The smallest absolute Gasteiger partial charge is 0.400 e. The second-order valence-electron chi connectivity index (χ2n) is 6.84. The van der Waals surface area contributed by atoms with Crippen molar-refractivity contribution in [2.45, 2.75) is 31.8 Å². The molecule has 2 bridgehead atoms. The first kappa shape index (κ1) is 16.6. The van der Waals surface area contributed by atoms with Gasteiger partial charge >= 0.3 is 6.08 Å². The molecule has 0 spiro atoms. The van der Waals surface area contributed by atoms with E-state index in [2.05, 4.69) is 22.1 Å². The Balaban J connectivity index is 1.40. The highest BCUT2D eigenvalue weighted by molar-refractivity contribution is 5.94. The molecule has 5 rings (SSSR count). The minimum atomic E-state index is -0.0648. The maximum absolute atomic E-state index is 12.6. The van der Waals surface area contributed by atoms with Crippen LogP contribution in [-0.4, -0.2) is 41.0 Å². The molecule has 1 N–H and O–H groups in total. The van der Waals surface area contributed by atoms with Gasteiger partial charge in [-0.25, -0.2) is 0 Å². The molecule has 0 radical (unpaired) electrons. The third kappa shape index (κ3) is 3.16. The Morgan fingerprint density at radius 1 is 1.35 bits per heavy atom. The van der Waals surface area contributed by atoms with Gasteiger partial charge in [-0.2, -0.15) is 10.2 Å². The molecular weight excluding hydrogens is 332 g/mol. The number of amides is 1. The van der Waals surface area contributed by atoms with Crippen molar-refractivity contribution in [2.75, 3.05) is 13.1 Å². The van der Waals surface area contributed by atoms with Gasteiger partial charge in [0.1, 0.15) is 11.8 Å². The number of aromatic nitrogens is 1. The number of hydrogen-bond donors (Lipinski definition) is 1. The molecule has 2 atom stereocenters. The van der Waals surface area contributed by atoms with Crippen molar-refractivity contribution in [1.29, 1.82) is 5.26 Å². The summed E-state index contributed by atoms with van der Waals surface area (Å²) < 4.78 is 10.5. The first-order chi connectivity index (χ1) is 12.6. The molecule has 0 aliphatic carbocycles. The molecule has 3 saturated heterocycles. The minimum Gasteiger partial charge on any atom is -0.411 e. The van der Waals surface area contributed by atoms with Crippen LogP contribution in [0.4, 0.5) is 0 Å². The van der Waals surface area contributed by atoms with Crippen molar-refractivity contribution >= 4 is 5.91 Å². The first-order valence-corrected chi connectivity index (χ1v) is 8.83. The number of benzene rings is 1. The zero-order valence-corrected chi connectivity index (χ0v) is 14.5. The molecule has 1 aromatic heterocycles. The van der Waals surface area contributed by atoms with Crippen LogP contribution < -0.4 is 10.1 Å². The van der Waals surface area contributed by atoms with Gasteiger partial charge in [-0.15, -0.1) is 0 Å². The monoisotopic (exact) mass is 352 g/mol. The zero-order valence-electron chi connectivity index (χ0n) is 14.5. The van der Waals surface area contributed by atoms with Crippen molar-refractivity contribution in [3.63, 3.8) is 0 Å². The van der Waals surface area contributed by atoms with E-state index in [1.165, 1.54) is 6.20 Å². The van der Waals surface area contributed by atoms with Gasteiger partial charge in [0.15, 0.2) is 0 Å². The number of oxazole rings is 1. The maximum Gasteiger partial charge on any atom is 0.400 e. The number of ether oxygens (including phenoxy) is 1. The van der Waals surface area contributed by atoms with Crippen LogP contribution in [0.25, 0.3) is 0 Å². The minimum absolute atomic E-state index is 0.000133. The molecule has 0 unspecified atom stereocenters. The van der Waals surface area contributed by atoms with E-state index in [0.717, 1.165) is 25.9 Å². The number of hydrogen-bond acceptors (Lipinski definition) is 6. The Morgan fingerprint density at radius 3 is 2.69 bits per heavy atom. The molecule has 1 aromatic carbocycles. The van der Waals surface area contributed by atoms with Gasteiger partial charge in [0.05, 0.1) is 6.20 Å². The lowest BCUT2D eigenvalue weighted by molar-refractivity contribution is 0.0217. The standard InChI is InChI=1S/C19H20N4O3/c1-12-17(13-6-8-23(12)9-7-13)22-18(24)14-2-4-15(5-3-14)25-19-21-11-16(10-20)26-19/h2-5,11-13,17H,6-9H2,1H3,(H,22,24)/t12-,17+/m1/s1. The lowest BCUT2D eigenvalue weighted by atomic mass is 9.79. The Labute approximate surface area is 151 Å². The van der Waals surface area contributed by atoms with Gasteiger partial charge in [0.2, 0.25) is 5.76 Å². The number of nitriles is 1. The molecular formula is C19H20N4O3. The van der Waals surface area contributed by atoms with Crippen molar-refractivity contribution in [3.8, 4) is 17.9 Å². The molecule has 3 aliphatic rings. The Hall–Kier alpha value is -2.85. The fraction of sp³-hybridized carbons (Fsp3) is 0.421. The largest absolute Gasteiger partial charge is 0.411 e.